The zero-order chi connectivity index (χ0) is 15.3. The molecule has 1 unspecified atom stereocenters. The van der Waals surface area contributed by atoms with Gasteiger partial charge in [-0.15, -0.1) is 0 Å². The van der Waals surface area contributed by atoms with E-state index >= 15 is 0 Å². The minimum absolute atomic E-state index is 0.0707. The summed E-state index contributed by atoms with van der Waals surface area (Å²) in [7, 11) is 0. The monoisotopic (exact) mass is 283 g/mol. The number of rotatable bonds is 6. The Balaban J connectivity index is 2.44. The van der Waals surface area contributed by atoms with Gasteiger partial charge < -0.3 is 5.11 Å². The molecule has 2 aromatic rings. The van der Waals surface area contributed by atoms with Crippen LogP contribution in [0.4, 0.5) is 0 Å². The topological polar surface area (TPSA) is 86.1 Å². The second kappa shape index (κ2) is 6.29. The molecule has 0 radical (unpaired) electrons. The van der Waals surface area contributed by atoms with Crippen LogP contribution in [-0.4, -0.2) is 11.1 Å². The standard InChI is InChI=1S/C16H17N3O2/c1-16(18-19-17,11-5-10-15(20)21)14-9-4-7-12-6-2-3-8-13(12)14/h2-4,6-9H,5,10-11H2,1H3,(H,20,21). The lowest BCUT2D eigenvalue weighted by Crippen LogP contribution is -2.19. The highest BCUT2D eigenvalue weighted by Gasteiger charge is 2.27. The maximum atomic E-state index is 10.7. The van der Waals surface area contributed by atoms with E-state index < -0.39 is 11.5 Å². The summed E-state index contributed by atoms with van der Waals surface area (Å²) in [4.78, 5) is 13.7. The number of aliphatic carboxylic acids is 1. The molecule has 0 heterocycles. The molecule has 21 heavy (non-hydrogen) atoms. The van der Waals surface area contributed by atoms with Gasteiger partial charge in [-0.05, 0) is 41.6 Å². The van der Waals surface area contributed by atoms with E-state index in [-0.39, 0.29) is 6.42 Å². The average Bonchev–Trinajstić information content (AvgIpc) is 2.46. The van der Waals surface area contributed by atoms with Gasteiger partial charge in [0.15, 0.2) is 0 Å². The van der Waals surface area contributed by atoms with Crippen molar-refractivity contribution in [1.29, 1.82) is 0 Å². The Morgan fingerprint density at radius 3 is 2.71 bits per heavy atom. The Labute approximate surface area is 122 Å². The number of azide groups is 1. The van der Waals surface area contributed by atoms with E-state index in [0.717, 1.165) is 16.3 Å². The number of hydrogen-bond acceptors (Lipinski definition) is 2. The van der Waals surface area contributed by atoms with Crippen LogP contribution in [0.3, 0.4) is 0 Å². The van der Waals surface area contributed by atoms with Crippen LogP contribution in [0.1, 0.15) is 31.7 Å². The third-order valence-corrected chi connectivity index (χ3v) is 3.69. The first kappa shape index (κ1) is 14.9. The third kappa shape index (κ3) is 3.33. The molecule has 0 aliphatic carbocycles. The number of carboxylic acid groups (broad SMARTS) is 1. The molecule has 0 bridgehead atoms. The summed E-state index contributed by atoms with van der Waals surface area (Å²) in [6.45, 7) is 1.86. The molecule has 0 aliphatic rings. The predicted molar refractivity (Wildman–Crippen MR) is 81.9 cm³/mol. The van der Waals surface area contributed by atoms with Crippen molar-refractivity contribution in [2.24, 2.45) is 5.11 Å². The summed E-state index contributed by atoms with van der Waals surface area (Å²) < 4.78 is 0. The van der Waals surface area contributed by atoms with Crippen LogP contribution in [0.5, 0.6) is 0 Å². The van der Waals surface area contributed by atoms with Crippen LogP contribution in [0.2, 0.25) is 0 Å². The highest BCUT2D eigenvalue weighted by molar-refractivity contribution is 5.86. The summed E-state index contributed by atoms with van der Waals surface area (Å²) in [5.41, 5.74) is 9.07. The fraction of sp³-hybridized carbons (Fsp3) is 0.312. The second-order valence-electron chi connectivity index (χ2n) is 5.24. The zero-order valence-corrected chi connectivity index (χ0v) is 11.9. The highest BCUT2D eigenvalue weighted by Crippen LogP contribution is 2.36. The van der Waals surface area contributed by atoms with Gasteiger partial charge >= 0.3 is 5.97 Å². The SMILES string of the molecule is CC(CCCC(=O)O)(N=[N+]=[N-])c1cccc2ccccc12. The number of fused-ring (bicyclic) bond motifs is 1. The number of nitrogens with zero attached hydrogens (tertiary/aromatic N) is 3. The molecule has 0 saturated heterocycles. The smallest absolute Gasteiger partial charge is 0.303 e. The maximum absolute atomic E-state index is 10.7. The van der Waals surface area contributed by atoms with E-state index in [9.17, 15) is 4.79 Å². The molecule has 1 N–H and O–H groups in total. The Hall–Kier alpha value is -2.52. The molecule has 0 aromatic heterocycles. The molecule has 0 aliphatic heterocycles. The van der Waals surface area contributed by atoms with Gasteiger partial charge in [0.05, 0.1) is 5.54 Å². The molecule has 0 fully saturated rings. The van der Waals surface area contributed by atoms with E-state index in [1.54, 1.807) is 0 Å². The van der Waals surface area contributed by atoms with Crippen LogP contribution in [0.25, 0.3) is 21.2 Å². The van der Waals surface area contributed by atoms with Crippen LogP contribution in [0.15, 0.2) is 47.6 Å². The molecule has 0 amide bonds. The fourth-order valence-electron chi connectivity index (χ4n) is 2.62. The second-order valence-corrected chi connectivity index (χ2v) is 5.24. The molecule has 2 rings (SSSR count). The highest BCUT2D eigenvalue weighted by atomic mass is 16.4. The van der Waals surface area contributed by atoms with E-state index in [1.165, 1.54) is 0 Å². The molecule has 108 valence electrons. The third-order valence-electron chi connectivity index (χ3n) is 3.69. The molecular weight excluding hydrogens is 266 g/mol. The summed E-state index contributed by atoms with van der Waals surface area (Å²) in [5.74, 6) is -0.837. The summed E-state index contributed by atoms with van der Waals surface area (Å²) in [5, 5.41) is 14.8. The molecule has 2 aromatic carbocycles. The van der Waals surface area contributed by atoms with Crippen molar-refractivity contribution < 1.29 is 9.90 Å². The number of carbonyl (C=O) groups is 1. The Kier molecular flexibility index (Phi) is 4.45. The molecule has 0 spiro atoms. The fourth-order valence-corrected chi connectivity index (χ4v) is 2.62. The molecule has 1 atom stereocenters. The Morgan fingerprint density at radius 2 is 2.00 bits per heavy atom. The van der Waals surface area contributed by atoms with E-state index in [4.69, 9.17) is 10.6 Å². The Bertz CT molecular complexity index is 702. The van der Waals surface area contributed by atoms with Crippen LogP contribution in [0, 0.1) is 0 Å². The summed E-state index contributed by atoms with van der Waals surface area (Å²) in [6, 6.07) is 13.8. The van der Waals surface area contributed by atoms with E-state index in [1.807, 2.05) is 49.4 Å². The van der Waals surface area contributed by atoms with Crippen molar-refractivity contribution in [2.75, 3.05) is 0 Å². The van der Waals surface area contributed by atoms with Crippen molar-refractivity contribution in [2.45, 2.75) is 31.7 Å². The van der Waals surface area contributed by atoms with Gasteiger partial charge in [0, 0.05) is 11.3 Å². The first-order valence-electron chi connectivity index (χ1n) is 6.83. The van der Waals surface area contributed by atoms with Crippen LogP contribution in [-0.2, 0) is 10.3 Å². The first-order chi connectivity index (χ1) is 10.1. The van der Waals surface area contributed by atoms with Crippen molar-refractivity contribution in [1.82, 2.24) is 0 Å². The van der Waals surface area contributed by atoms with Gasteiger partial charge in [0.2, 0.25) is 0 Å². The average molecular weight is 283 g/mol. The molecule has 0 saturated carbocycles. The quantitative estimate of drug-likeness (QED) is 0.476. The molecule has 5 heteroatoms. The van der Waals surface area contributed by atoms with E-state index in [0.29, 0.717) is 12.8 Å². The summed E-state index contributed by atoms with van der Waals surface area (Å²) >= 11 is 0. The largest absolute Gasteiger partial charge is 0.481 e. The van der Waals surface area contributed by atoms with Gasteiger partial charge in [-0.25, -0.2) is 0 Å². The minimum atomic E-state index is -0.837. The normalized spacial score (nSPS) is 13.4. The predicted octanol–water partition coefficient (Wildman–Crippen LogP) is 4.62. The summed E-state index contributed by atoms with van der Waals surface area (Å²) in [6.07, 6.45) is 1.03. The number of hydrogen-bond donors (Lipinski definition) is 1. The van der Waals surface area contributed by atoms with Crippen LogP contribution < -0.4 is 0 Å². The van der Waals surface area contributed by atoms with Crippen LogP contribution >= 0.6 is 0 Å². The maximum Gasteiger partial charge on any atom is 0.303 e. The van der Waals surface area contributed by atoms with Gasteiger partial charge in [-0.1, -0.05) is 47.6 Å². The first-order valence-corrected chi connectivity index (χ1v) is 6.83. The lowest BCUT2D eigenvalue weighted by molar-refractivity contribution is -0.137. The van der Waals surface area contributed by atoms with Crippen molar-refractivity contribution in [3.63, 3.8) is 0 Å². The number of benzene rings is 2. The number of carboxylic acids is 1. The van der Waals surface area contributed by atoms with Gasteiger partial charge in [0.1, 0.15) is 0 Å². The van der Waals surface area contributed by atoms with Crippen molar-refractivity contribution in [3.8, 4) is 0 Å². The lowest BCUT2D eigenvalue weighted by Gasteiger charge is -2.26. The van der Waals surface area contributed by atoms with Gasteiger partial charge in [-0.3, -0.25) is 4.79 Å². The van der Waals surface area contributed by atoms with E-state index in [2.05, 4.69) is 10.0 Å². The lowest BCUT2D eigenvalue weighted by atomic mass is 9.84. The molecular formula is C16H17N3O2. The van der Waals surface area contributed by atoms with Crippen molar-refractivity contribution >= 4 is 16.7 Å². The Morgan fingerprint density at radius 1 is 1.29 bits per heavy atom. The van der Waals surface area contributed by atoms with Gasteiger partial charge in [-0.2, -0.15) is 0 Å². The molecule has 5 nitrogen and oxygen atoms in total. The van der Waals surface area contributed by atoms with Crippen molar-refractivity contribution in [3.05, 3.63) is 58.5 Å². The van der Waals surface area contributed by atoms with Gasteiger partial charge in [0.25, 0.3) is 0 Å². The zero-order valence-electron chi connectivity index (χ0n) is 11.9. The minimum Gasteiger partial charge on any atom is -0.481 e.